The first-order chi connectivity index (χ1) is 7.60. The molecule has 0 spiro atoms. The Morgan fingerprint density at radius 3 is 3.06 bits per heavy atom. The predicted molar refractivity (Wildman–Crippen MR) is 65.3 cm³/mol. The lowest BCUT2D eigenvalue weighted by molar-refractivity contribution is 0.101. The number of alkyl halides is 1. The molecular formula is C10H12ClN3OS. The molecule has 86 valence electrons. The number of carbonyl (C=O) groups is 1. The average molecular weight is 258 g/mol. The highest BCUT2D eigenvalue weighted by atomic mass is 35.5. The second-order valence-electron chi connectivity index (χ2n) is 3.39. The minimum absolute atomic E-state index is 0.0549. The molecule has 1 aromatic rings. The number of hydrogen-bond acceptors (Lipinski definition) is 5. The van der Waals surface area contributed by atoms with Crippen LogP contribution in [-0.4, -0.2) is 29.7 Å². The highest BCUT2D eigenvalue weighted by Crippen LogP contribution is 2.22. The summed E-state index contributed by atoms with van der Waals surface area (Å²) < 4.78 is 0. The normalized spacial score (nSPS) is 11.9. The molecule has 16 heavy (non-hydrogen) atoms. The van der Waals surface area contributed by atoms with E-state index in [0.29, 0.717) is 12.1 Å². The highest BCUT2D eigenvalue weighted by Gasteiger charge is 2.15. The summed E-state index contributed by atoms with van der Waals surface area (Å²) in [5.41, 5.74) is 0.394. The van der Waals surface area contributed by atoms with Gasteiger partial charge in [-0.25, -0.2) is 4.98 Å². The number of aromatic nitrogens is 1. The van der Waals surface area contributed by atoms with E-state index in [-0.39, 0.29) is 17.7 Å². The third-order valence-corrected chi connectivity index (χ3v) is 3.42. The maximum atomic E-state index is 11.3. The van der Waals surface area contributed by atoms with Crippen molar-refractivity contribution in [2.45, 2.75) is 19.4 Å². The molecule has 0 aliphatic carbocycles. The van der Waals surface area contributed by atoms with Crippen LogP contribution >= 0.6 is 22.9 Å². The fraction of sp³-hybridized carbons (Fsp3) is 0.500. The van der Waals surface area contributed by atoms with Crippen LogP contribution in [0.15, 0.2) is 5.38 Å². The van der Waals surface area contributed by atoms with Gasteiger partial charge in [0.25, 0.3) is 0 Å². The fourth-order valence-electron chi connectivity index (χ4n) is 1.08. The molecule has 4 nitrogen and oxygen atoms in total. The van der Waals surface area contributed by atoms with E-state index in [1.54, 1.807) is 5.38 Å². The number of Topliss-reactive ketones (excluding diaryl/α,β-unsaturated/α-hetero) is 1. The van der Waals surface area contributed by atoms with Gasteiger partial charge in [0.15, 0.2) is 10.9 Å². The Labute approximate surface area is 103 Å². The maximum absolute atomic E-state index is 11.3. The molecule has 1 atom stereocenters. The topological polar surface area (TPSA) is 57.0 Å². The van der Waals surface area contributed by atoms with Crippen LogP contribution in [-0.2, 0) is 0 Å². The van der Waals surface area contributed by atoms with E-state index in [0.717, 1.165) is 5.13 Å². The van der Waals surface area contributed by atoms with E-state index in [1.165, 1.54) is 11.3 Å². The van der Waals surface area contributed by atoms with E-state index >= 15 is 0 Å². The predicted octanol–water partition coefficient (Wildman–Crippen LogP) is 2.30. The number of halogens is 1. The molecular weight excluding hydrogens is 246 g/mol. The number of anilines is 1. The molecule has 0 saturated heterocycles. The molecule has 6 heteroatoms. The molecule has 1 rings (SSSR count). The Morgan fingerprint density at radius 2 is 2.50 bits per heavy atom. The quantitative estimate of drug-likeness (QED) is 0.600. The molecule has 0 aliphatic rings. The molecule has 1 aromatic heterocycles. The van der Waals surface area contributed by atoms with Gasteiger partial charge in [-0.1, -0.05) is 0 Å². The number of nitriles is 1. The van der Waals surface area contributed by atoms with Crippen LogP contribution in [0.1, 0.15) is 23.8 Å². The van der Waals surface area contributed by atoms with Crippen molar-refractivity contribution in [3.63, 3.8) is 0 Å². The molecule has 0 N–H and O–H groups in total. The van der Waals surface area contributed by atoms with Crippen LogP contribution in [0.4, 0.5) is 5.13 Å². The maximum Gasteiger partial charge on any atom is 0.196 e. The molecule has 0 aliphatic heterocycles. The van der Waals surface area contributed by atoms with Crippen LogP contribution in [0.3, 0.4) is 0 Å². The van der Waals surface area contributed by atoms with Gasteiger partial charge in [-0.05, 0) is 6.92 Å². The van der Waals surface area contributed by atoms with Gasteiger partial charge in [0.05, 0.1) is 18.4 Å². The Morgan fingerprint density at radius 1 is 1.81 bits per heavy atom. The van der Waals surface area contributed by atoms with Crippen LogP contribution < -0.4 is 4.90 Å². The first-order valence-corrected chi connectivity index (χ1v) is 6.16. The minimum atomic E-state index is -0.175. The SMILES string of the molecule is CC(CC#N)N(C)c1nc(C(=O)CCl)cs1. The summed E-state index contributed by atoms with van der Waals surface area (Å²) in [5, 5.41) is 11.0. The van der Waals surface area contributed by atoms with Gasteiger partial charge in [0.1, 0.15) is 5.69 Å². The first kappa shape index (κ1) is 12.9. The number of nitrogens with zero attached hydrogens (tertiary/aromatic N) is 3. The second-order valence-corrected chi connectivity index (χ2v) is 4.50. The zero-order valence-corrected chi connectivity index (χ0v) is 10.7. The zero-order valence-electron chi connectivity index (χ0n) is 9.11. The van der Waals surface area contributed by atoms with Gasteiger partial charge in [0.2, 0.25) is 0 Å². The summed E-state index contributed by atoms with van der Waals surface area (Å²) in [6.45, 7) is 1.94. The summed E-state index contributed by atoms with van der Waals surface area (Å²) in [6.07, 6.45) is 0.425. The van der Waals surface area contributed by atoms with Crippen LogP contribution in [0.5, 0.6) is 0 Å². The number of ketones is 1. The zero-order chi connectivity index (χ0) is 12.1. The number of rotatable bonds is 5. The van der Waals surface area contributed by atoms with Crippen molar-refractivity contribution in [3.05, 3.63) is 11.1 Å². The van der Waals surface area contributed by atoms with E-state index in [1.807, 2.05) is 18.9 Å². The average Bonchev–Trinajstić information content (AvgIpc) is 2.76. The van der Waals surface area contributed by atoms with Gasteiger partial charge >= 0.3 is 0 Å². The fourth-order valence-corrected chi connectivity index (χ4v) is 2.12. The van der Waals surface area contributed by atoms with Crippen molar-refractivity contribution in [2.24, 2.45) is 0 Å². The first-order valence-electron chi connectivity index (χ1n) is 4.74. The number of thiazole rings is 1. The van der Waals surface area contributed by atoms with E-state index < -0.39 is 0 Å². The summed E-state index contributed by atoms with van der Waals surface area (Å²) >= 11 is 6.83. The van der Waals surface area contributed by atoms with Crippen LogP contribution in [0, 0.1) is 11.3 Å². The van der Waals surface area contributed by atoms with Gasteiger partial charge < -0.3 is 4.90 Å². The third kappa shape index (κ3) is 2.94. The molecule has 0 amide bonds. The van der Waals surface area contributed by atoms with Gasteiger partial charge in [0, 0.05) is 18.5 Å². The molecule has 0 saturated carbocycles. The Bertz CT molecular complexity index is 412. The monoisotopic (exact) mass is 257 g/mol. The largest absolute Gasteiger partial charge is 0.347 e. The summed E-state index contributed by atoms with van der Waals surface area (Å²) in [7, 11) is 1.86. The lowest BCUT2D eigenvalue weighted by Gasteiger charge is -2.21. The Kier molecular flexibility index (Phi) is 4.71. The van der Waals surface area contributed by atoms with Gasteiger partial charge in [-0.2, -0.15) is 5.26 Å². The summed E-state index contributed by atoms with van der Waals surface area (Å²) in [5.74, 6) is -0.230. The van der Waals surface area contributed by atoms with Crippen molar-refractivity contribution in [1.82, 2.24) is 4.98 Å². The summed E-state index contributed by atoms with van der Waals surface area (Å²) in [6, 6.07) is 2.18. The lowest BCUT2D eigenvalue weighted by Crippen LogP contribution is -2.28. The van der Waals surface area contributed by atoms with Crippen molar-refractivity contribution in [3.8, 4) is 6.07 Å². The van der Waals surface area contributed by atoms with Gasteiger partial charge in [-0.3, -0.25) is 4.79 Å². The van der Waals surface area contributed by atoms with Crippen LogP contribution in [0.2, 0.25) is 0 Å². The van der Waals surface area contributed by atoms with E-state index in [2.05, 4.69) is 11.1 Å². The second kappa shape index (κ2) is 5.83. The highest BCUT2D eigenvalue weighted by molar-refractivity contribution is 7.14. The molecule has 0 fully saturated rings. The van der Waals surface area contributed by atoms with Crippen molar-refractivity contribution in [1.29, 1.82) is 5.26 Å². The summed E-state index contributed by atoms with van der Waals surface area (Å²) in [4.78, 5) is 17.4. The van der Waals surface area contributed by atoms with E-state index in [9.17, 15) is 4.79 Å². The minimum Gasteiger partial charge on any atom is -0.347 e. The van der Waals surface area contributed by atoms with Crippen LogP contribution in [0.25, 0.3) is 0 Å². The molecule has 1 heterocycles. The number of carbonyl (C=O) groups excluding carboxylic acids is 1. The van der Waals surface area contributed by atoms with Crippen molar-refractivity contribution >= 4 is 33.9 Å². The van der Waals surface area contributed by atoms with E-state index in [4.69, 9.17) is 16.9 Å². The molecule has 0 aromatic carbocycles. The molecule has 0 radical (unpaired) electrons. The lowest BCUT2D eigenvalue weighted by atomic mass is 10.2. The number of hydrogen-bond donors (Lipinski definition) is 0. The Balaban J connectivity index is 2.78. The standard InChI is InChI=1S/C10H12ClN3OS/c1-7(3-4-12)14(2)10-13-8(6-16-10)9(15)5-11/h6-7H,3,5H2,1-2H3. The Hall–Kier alpha value is -1.12. The third-order valence-electron chi connectivity index (χ3n) is 2.25. The molecule has 0 bridgehead atoms. The van der Waals surface area contributed by atoms with Crippen molar-refractivity contribution in [2.75, 3.05) is 17.8 Å². The van der Waals surface area contributed by atoms with Gasteiger partial charge in [-0.15, -0.1) is 22.9 Å². The smallest absolute Gasteiger partial charge is 0.196 e. The molecule has 1 unspecified atom stereocenters. The van der Waals surface area contributed by atoms with Crippen molar-refractivity contribution < 1.29 is 4.79 Å².